The Kier molecular flexibility index (Phi) is 6.73. The second kappa shape index (κ2) is 8.09. The SMILES string of the molecule is CCCNC(c1sccc1Br)C1(OCC)CCCC(C)C1. The molecule has 4 heteroatoms. The van der Waals surface area contributed by atoms with E-state index in [9.17, 15) is 0 Å². The highest BCUT2D eigenvalue weighted by Gasteiger charge is 2.44. The Labute approximate surface area is 141 Å². The average molecular weight is 374 g/mol. The summed E-state index contributed by atoms with van der Waals surface area (Å²) in [4.78, 5) is 1.39. The van der Waals surface area contributed by atoms with Gasteiger partial charge in [0.2, 0.25) is 0 Å². The second-order valence-corrected chi connectivity index (χ2v) is 8.02. The van der Waals surface area contributed by atoms with Gasteiger partial charge in [0.15, 0.2) is 0 Å². The van der Waals surface area contributed by atoms with Crippen molar-refractivity contribution in [3.63, 3.8) is 0 Å². The first-order chi connectivity index (χ1) is 10.1. The van der Waals surface area contributed by atoms with E-state index >= 15 is 0 Å². The molecule has 0 bridgehead atoms. The van der Waals surface area contributed by atoms with Gasteiger partial charge in [0.25, 0.3) is 0 Å². The van der Waals surface area contributed by atoms with E-state index in [1.807, 2.05) is 11.3 Å². The van der Waals surface area contributed by atoms with Crippen LogP contribution in [0.4, 0.5) is 0 Å². The molecule has 0 spiro atoms. The number of thiophene rings is 1. The van der Waals surface area contributed by atoms with Crippen molar-refractivity contribution in [2.45, 2.75) is 64.5 Å². The molecule has 1 aromatic rings. The first-order valence-electron chi connectivity index (χ1n) is 8.23. The summed E-state index contributed by atoms with van der Waals surface area (Å²) in [5.74, 6) is 0.745. The highest BCUT2D eigenvalue weighted by molar-refractivity contribution is 9.10. The molecule has 0 aromatic carbocycles. The molecule has 0 amide bonds. The summed E-state index contributed by atoms with van der Waals surface area (Å²) >= 11 is 5.57. The molecule has 1 fully saturated rings. The van der Waals surface area contributed by atoms with Crippen LogP contribution in [-0.2, 0) is 4.74 Å². The van der Waals surface area contributed by atoms with Crippen molar-refractivity contribution < 1.29 is 4.74 Å². The van der Waals surface area contributed by atoms with Crippen molar-refractivity contribution in [3.05, 3.63) is 20.8 Å². The third-order valence-corrected chi connectivity index (χ3v) is 6.39. The normalized spacial score (nSPS) is 27.7. The van der Waals surface area contributed by atoms with E-state index in [0.29, 0.717) is 6.04 Å². The summed E-state index contributed by atoms with van der Waals surface area (Å²) in [6.07, 6.45) is 6.08. The third kappa shape index (κ3) is 4.10. The molecule has 1 aliphatic rings. The minimum atomic E-state index is -0.0467. The smallest absolute Gasteiger partial charge is 0.0887 e. The van der Waals surface area contributed by atoms with Gasteiger partial charge in [0.05, 0.1) is 11.6 Å². The number of hydrogen-bond acceptors (Lipinski definition) is 3. The Hall–Kier alpha value is 0.1000. The number of rotatable bonds is 7. The fourth-order valence-corrected chi connectivity index (χ4v) is 5.41. The molecule has 1 saturated carbocycles. The maximum Gasteiger partial charge on any atom is 0.0887 e. The Morgan fingerprint density at radius 1 is 1.52 bits per heavy atom. The van der Waals surface area contributed by atoms with Gasteiger partial charge in [-0.15, -0.1) is 11.3 Å². The van der Waals surface area contributed by atoms with Gasteiger partial charge in [-0.25, -0.2) is 0 Å². The number of ether oxygens (including phenoxy) is 1. The minimum Gasteiger partial charge on any atom is -0.373 e. The zero-order valence-corrected chi connectivity index (χ0v) is 15.9. The Balaban J connectivity index is 2.32. The Bertz CT molecular complexity index is 432. The molecular weight excluding hydrogens is 346 g/mol. The molecule has 3 unspecified atom stereocenters. The highest BCUT2D eigenvalue weighted by atomic mass is 79.9. The summed E-state index contributed by atoms with van der Waals surface area (Å²) in [5, 5.41) is 5.96. The van der Waals surface area contributed by atoms with Crippen LogP contribution in [0.25, 0.3) is 0 Å². The van der Waals surface area contributed by atoms with Crippen LogP contribution in [-0.4, -0.2) is 18.8 Å². The summed E-state index contributed by atoms with van der Waals surface area (Å²) in [6.45, 7) is 8.55. The predicted octanol–water partition coefficient (Wildman–Crippen LogP) is 5.54. The van der Waals surface area contributed by atoms with Crippen LogP contribution in [0.15, 0.2) is 15.9 Å². The Morgan fingerprint density at radius 2 is 2.33 bits per heavy atom. The molecule has 0 radical (unpaired) electrons. The predicted molar refractivity (Wildman–Crippen MR) is 95.0 cm³/mol. The van der Waals surface area contributed by atoms with Gasteiger partial charge in [0.1, 0.15) is 0 Å². The van der Waals surface area contributed by atoms with Crippen molar-refractivity contribution in [1.82, 2.24) is 5.32 Å². The maximum atomic E-state index is 6.40. The average Bonchev–Trinajstić information content (AvgIpc) is 2.86. The minimum absolute atomic E-state index is 0.0467. The van der Waals surface area contributed by atoms with Gasteiger partial charge in [-0.1, -0.05) is 26.7 Å². The maximum absolute atomic E-state index is 6.40. The number of nitrogens with one attached hydrogen (secondary N) is 1. The molecule has 3 atom stereocenters. The Morgan fingerprint density at radius 3 is 2.90 bits per heavy atom. The van der Waals surface area contributed by atoms with Crippen molar-refractivity contribution >= 4 is 27.3 Å². The summed E-state index contributed by atoms with van der Waals surface area (Å²) in [6, 6.07) is 2.46. The first-order valence-corrected chi connectivity index (χ1v) is 9.90. The molecule has 1 aliphatic carbocycles. The monoisotopic (exact) mass is 373 g/mol. The van der Waals surface area contributed by atoms with Crippen LogP contribution in [0.1, 0.15) is 63.8 Å². The fraction of sp³-hybridized carbons (Fsp3) is 0.765. The van der Waals surface area contributed by atoms with Gasteiger partial charge >= 0.3 is 0 Å². The van der Waals surface area contributed by atoms with Gasteiger partial charge in [-0.3, -0.25) is 0 Å². The van der Waals surface area contributed by atoms with E-state index in [1.165, 1.54) is 22.2 Å². The van der Waals surface area contributed by atoms with Crippen LogP contribution in [0, 0.1) is 5.92 Å². The molecule has 0 aliphatic heterocycles. The van der Waals surface area contributed by atoms with Crippen molar-refractivity contribution in [1.29, 1.82) is 0 Å². The topological polar surface area (TPSA) is 21.3 Å². The lowest BCUT2D eigenvalue weighted by molar-refractivity contribution is -0.101. The van der Waals surface area contributed by atoms with E-state index in [2.05, 4.69) is 53.5 Å². The van der Waals surface area contributed by atoms with Gasteiger partial charge in [0, 0.05) is 16.0 Å². The van der Waals surface area contributed by atoms with Gasteiger partial charge < -0.3 is 10.1 Å². The molecule has 2 rings (SSSR count). The molecule has 0 saturated heterocycles. The van der Waals surface area contributed by atoms with Crippen LogP contribution in [0.3, 0.4) is 0 Å². The molecular formula is C17H28BrNOS. The van der Waals surface area contributed by atoms with E-state index in [0.717, 1.165) is 38.3 Å². The molecule has 1 heterocycles. The number of hydrogen-bond donors (Lipinski definition) is 1. The van der Waals surface area contributed by atoms with E-state index in [1.54, 1.807) is 0 Å². The zero-order chi connectivity index (χ0) is 15.3. The van der Waals surface area contributed by atoms with Crippen molar-refractivity contribution in [3.8, 4) is 0 Å². The van der Waals surface area contributed by atoms with Crippen LogP contribution >= 0.6 is 27.3 Å². The lowest BCUT2D eigenvalue weighted by Gasteiger charge is -2.45. The first kappa shape index (κ1) is 17.5. The van der Waals surface area contributed by atoms with E-state index in [4.69, 9.17) is 4.74 Å². The molecule has 2 nitrogen and oxygen atoms in total. The summed E-state index contributed by atoms with van der Waals surface area (Å²) < 4.78 is 7.62. The van der Waals surface area contributed by atoms with Gasteiger partial charge in [-0.05, 0) is 66.0 Å². The van der Waals surface area contributed by atoms with Crippen LogP contribution in [0.2, 0.25) is 0 Å². The summed E-state index contributed by atoms with van der Waals surface area (Å²) in [5.41, 5.74) is -0.0467. The fourth-order valence-electron chi connectivity index (χ4n) is 3.63. The van der Waals surface area contributed by atoms with E-state index in [-0.39, 0.29) is 5.60 Å². The van der Waals surface area contributed by atoms with E-state index < -0.39 is 0 Å². The second-order valence-electron chi connectivity index (χ2n) is 6.22. The molecule has 120 valence electrons. The quantitative estimate of drug-likeness (QED) is 0.677. The summed E-state index contributed by atoms with van der Waals surface area (Å²) in [7, 11) is 0. The number of halogens is 1. The molecule has 1 aromatic heterocycles. The highest BCUT2D eigenvalue weighted by Crippen LogP contribution is 2.46. The molecule has 1 N–H and O–H groups in total. The van der Waals surface area contributed by atoms with Crippen LogP contribution in [0.5, 0.6) is 0 Å². The molecule has 21 heavy (non-hydrogen) atoms. The largest absolute Gasteiger partial charge is 0.373 e. The van der Waals surface area contributed by atoms with Crippen molar-refractivity contribution in [2.75, 3.05) is 13.2 Å². The van der Waals surface area contributed by atoms with Crippen LogP contribution < -0.4 is 5.32 Å². The lowest BCUT2D eigenvalue weighted by Crippen LogP contribution is -2.49. The standard InChI is InChI=1S/C17H28BrNOS/c1-4-10-19-16(15-14(18)8-11-21-15)17(20-5-2)9-6-7-13(3)12-17/h8,11,13,16,19H,4-7,9-10,12H2,1-3H3. The van der Waals surface area contributed by atoms with Crippen molar-refractivity contribution in [2.24, 2.45) is 5.92 Å². The zero-order valence-electron chi connectivity index (χ0n) is 13.5. The third-order valence-electron chi connectivity index (χ3n) is 4.45. The van der Waals surface area contributed by atoms with Gasteiger partial charge in [-0.2, -0.15) is 0 Å². The lowest BCUT2D eigenvalue weighted by atomic mass is 9.74.